The van der Waals surface area contributed by atoms with Gasteiger partial charge in [-0.25, -0.2) is 0 Å². The Hall–Kier alpha value is -2.37. The molecule has 6 heteroatoms. The molecule has 2 N–H and O–H groups in total. The normalized spacial score (nSPS) is 14.5. The van der Waals surface area contributed by atoms with E-state index < -0.39 is 0 Å². The molecule has 1 fully saturated rings. The van der Waals surface area contributed by atoms with Gasteiger partial charge in [-0.2, -0.15) is 0 Å². The molecule has 0 spiro atoms. The van der Waals surface area contributed by atoms with Gasteiger partial charge in [0, 0.05) is 24.7 Å². The maximum Gasteiger partial charge on any atom is 0.255 e. The van der Waals surface area contributed by atoms with Crippen molar-refractivity contribution in [3.05, 3.63) is 64.7 Å². The van der Waals surface area contributed by atoms with Gasteiger partial charge in [0.05, 0.1) is 10.6 Å². The summed E-state index contributed by atoms with van der Waals surface area (Å²) in [4.78, 5) is 27.3. The standard InChI is InChI=1S/C22H26ClN3O2/c1-2-26(15-16-6-4-3-5-7-16)22(28)19-14-18(8-9-20(19)23)25-21(27)17-10-12-24-13-11-17/h3-9,14,17,24H,2,10-13,15H2,1H3,(H,25,27). The molecular formula is C22H26ClN3O2. The minimum atomic E-state index is -0.144. The minimum absolute atomic E-state index is 0.00106. The Balaban J connectivity index is 1.74. The van der Waals surface area contributed by atoms with Crippen LogP contribution in [0.2, 0.25) is 5.02 Å². The Labute approximate surface area is 171 Å². The number of rotatable bonds is 6. The van der Waals surface area contributed by atoms with Crippen LogP contribution in [-0.2, 0) is 11.3 Å². The summed E-state index contributed by atoms with van der Waals surface area (Å²) < 4.78 is 0. The van der Waals surface area contributed by atoms with Crippen LogP contribution in [-0.4, -0.2) is 36.3 Å². The van der Waals surface area contributed by atoms with Gasteiger partial charge in [0.15, 0.2) is 0 Å². The maximum absolute atomic E-state index is 13.1. The van der Waals surface area contributed by atoms with E-state index in [1.165, 1.54) is 0 Å². The summed E-state index contributed by atoms with van der Waals surface area (Å²) in [5.41, 5.74) is 2.07. The van der Waals surface area contributed by atoms with Gasteiger partial charge in [-0.15, -0.1) is 0 Å². The zero-order valence-corrected chi connectivity index (χ0v) is 16.8. The fraction of sp³-hybridized carbons (Fsp3) is 0.364. The van der Waals surface area contributed by atoms with E-state index in [1.54, 1.807) is 23.1 Å². The first kappa shape index (κ1) is 20.4. The van der Waals surface area contributed by atoms with Crippen molar-refractivity contribution in [3.8, 4) is 0 Å². The molecule has 1 aliphatic heterocycles. The molecule has 0 saturated carbocycles. The summed E-state index contributed by atoms with van der Waals surface area (Å²) in [5, 5.41) is 6.59. The monoisotopic (exact) mass is 399 g/mol. The van der Waals surface area contributed by atoms with Crippen molar-refractivity contribution in [1.82, 2.24) is 10.2 Å². The van der Waals surface area contributed by atoms with E-state index in [0.29, 0.717) is 29.4 Å². The molecule has 1 saturated heterocycles. The molecule has 0 aromatic heterocycles. The highest BCUT2D eigenvalue weighted by atomic mass is 35.5. The lowest BCUT2D eigenvalue weighted by Gasteiger charge is -2.23. The summed E-state index contributed by atoms with van der Waals surface area (Å²) >= 11 is 6.31. The van der Waals surface area contributed by atoms with E-state index in [1.807, 2.05) is 37.3 Å². The average molecular weight is 400 g/mol. The lowest BCUT2D eigenvalue weighted by molar-refractivity contribution is -0.120. The molecule has 2 aromatic rings. The van der Waals surface area contributed by atoms with Gasteiger partial charge in [-0.1, -0.05) is 41.9 Å². The molecule has 2 amide bonds. The summed E-state index contributed by atoms with van der Waals surface area (Å²) in [6.45, 7) is 4.73. The maximum atomic E-state index is 13.1. The number of hydrogen-bond donors (Lipinski definition) is 2. The van der Waals surface area contributed by atoms with Gasteiger partial charge in [-0.05, 0) is 56.6 Å². The molecule has 1 aliphatic rings. The summed E-state index contributed by atoms with van der Waals surface area (Å²) in [7, 11) is 0. The second-order valence-electron chi connectivity index (χ2n) is 7.01. The molecular weight excluding hydrogens is 374 g/mol. The number of benzene rings is 2. The number of nitrogens with one attached hydrogen (secondary N) is 2. The number of hydrogen-bond acceptors (Lipinski definition) is 3. The molecule has 5 nitrogen and oxygen atoms in total. The number of halogens is 1. The van der Waals surface area contributed by atoms with Crippen molar-refractivity contribution in [2.45, 2.75) is 26.3 Å². The molecule has 0 bridgehead atoms. The zero-order chi connectivity index (χ0) is 19.9. The zero-order valence-electron chi connectivity index (χ0n) is 16.1. The Morgan fingerprint density at radius 1 is 1.14 bits per heavy atom. The third-order valence-electron chi connectivity index (χ3n) is 5.06. The minimum Gasteiger partial charge on any atom is -0.335 e. The fourth-order valence-corrected chi connectivity index (χ4v) is 3.60. The largest absolute Gasteiger partial charge is 0.335 e. The van der Waals surface area contributed by atoms with Gasteiger partial charge >= 0.3 is 0 Å². The Kier molecular flexibility index (Phi) is 7.06. The summed E-state index contributed by atoms with van der Waals surface area (Å²) in [6.07, 6.45) is 1.65. The lowest BCUT2D eigenvalue weighted by atomic mass is 9.97. The molecule has 0 aliphatic carbocycles. The van der Waals surface area contributed by atoms with Crippen molar-refractivity contribution >= 4 is 29.1 Å². The van der Waals surface area contributed by atoms with E-state index >= 15 is 0 Å². The number of piperidine rings is 1. The van der Waals surface area contributed by atoms with E-state index in [0.717, 1.165) is 31.5 Å². The highest BCUT2D eigenvalue weighted by Gasteiger charge is 2.22. The van der Waals surface area contributed by atoms with Crippen LogP contribution in [0.1, 0.15) is 35.7 Å². The molecule has 0 radical (unpaired) electrons. The van der Waals surface area contributed by atoms with Crippen LogP contribution in [0.5, 0.6) is 0 Å². The quantitative estimate of drug-likeness (QED) is 0.773. The third-order valence-corrected chi connectivity index (χ3v) is 5.39. The topological polar surface area (TPSA) is 61.4 Å². The van der Waals surface area contributed by atoms with Crippen molar-refractivity contribution < 1.29 is 9.59 Å². The van der Waals surface area contributed by atoms with E-state index in [9.17, 15) is 9.59 Å². The van der Waals surface area contributed by atoms with Crippen LogP contribution in [0.25, 0.3) is 0 Å². The van der Waals surface area contributed by atoms with Crippen LogP contribution in [0.3, 0.4) is 0 Å². The second kappa shape index (κ2) is 9.71. The predicted molar refractivity (Wildman–Crippen MR) is 113 cm³/mol. The van der Waals surface area contributed by atoms with Crippen LogP contribution in [0.15, 0.2) is 48.5 Å². The van der Waals surface area contributed by atoms with Crippen molar-refractivity contribution in [3.63, 3.8) is 0 Å². The molecule has 28 heavy (non-hydrogen) atoms. The van der Waals surface area contributed by atoms with Crippen molar-refractivity contribution in [2.24, 2.45) is 5.92 Å². The molecule has 148 valence electrons. The molecule has 0 atom stereocenters. The SMILES string of the molecule is CCN(Cc1ccccc1)C(=O)c1cc(NC(=O)C2CCNCC2)ccc1Cl. The van der Waals surface area contributed by atoms with Gasteiger partial charge < -0.3 is 15.5 Å². The first-order valence-electron chi connectivity index (χ1n) is 9.72. The fourth-order valence-electron chi connectivity index (χ4n) is 3.40. The summed E-state index contributed by atoms with van der Waals surface area (Å²) in [6, 6.07) is 14.9. The highest BCUT2D eigenvalue weighted by molar-refractivity contribution is 6.34. The molecule has 0 unspecified atom stereocenters. The number of anilines is 1. The van der Waals surface area contributed by atoms with E-state index in [-0.39, 0.29) is 17.7 Å². The van der Waals surface area contributed by atoms with E-state index in [2.05, 4.69) is 10.6 Å². The molecule has 1 heterocycles. The number of nitrogens with zero attached hydrogens (tertiary/aromatic N) is 1. The van der Waals surface area contributed by atoms with Crippen molar-refractivity contribution in [1.29, 1.82) is 0 Å². The van der Waals surface area contributed by atoms with Crippen molar-refractivity contribution in [2.75, 3.05) is 25.0 Å². The Morgan fingerprint density at radius 2 is 1.86 bits per heavy atom. The van der Waals surface area contributed by atoms with Gasteiger partial charge in [0.2, 0.25) is 5.91 Å². The first-order chi connectivity index (χ1) is 13.6. The second-order valence-corrected chi connectivity index (χ2v) is 7.42. The summed E-state index contributed by atoms with van der Waals surface area (Å²) in [5.74, 6) is -0.144. The predicted octanol–water partition coefficient (Wildman–Crippen LogP) is 3.94. The first-order valence-corrected chi connectivity index (χ1v) is 10.1. The van der Waals surface area contributed by atoms with E-state index in [4.69, 9.17) is 11.6 Å². The smallest absolute Gasteiger partial charge is 0.255 e. The average Bonchev–Trinajstić information content (AvgIpc) is 2.74. The number of amides is 2. The van der Waals surface area contributed by atoms with Gasteiger partial charge in [0.25, 0.3) is 5.91 Å². The van der Waals surface area contributed by atoms with Crippen LogP contribution < -0.4 is 10.6 Å². The lowest BCUT2D eigenvalue weighted by Crippen LogP contribution is -2.34. The van der Waals surface area contributed by atoms with Crippen LogP contribution in [0, 0.1) is 5.92 Å². The third kappa shape index (κ3) is 5.12. The number of carbonyl (C=O) groups excluding carboxylic acids is 2. The Bertz CT molecular complexity index is 820. The van der Waals surface area contributed by atoms with Crippen LogP contribution in [0.4, 0.5) is 5.69 Å². The molecule has 3 rings (SSSR count). The Morgan fingerprint density at radius 3 is 2.54 bits per heavy atom. The number of carbonyl (C=O) groups is 2. The van der Waals surface area contributed by atoms with Gasteiger partial charge in [0.1, 0.15) is 0 Å². The molecule has 2 aromatic carbocycles. The van der Waals surface area contributed by atoms with Crippen LogP contribution >= 0.6 is 11.6 Å². The highest BCUT2D eigenvalue weighted by Crippen LogP contribution is 2.24. The van der Waals surface area contributed by atoms with Gasteiger partial charge in [-0.3, -0.25) is 9.59 Å².